The van der Waals surface area contributed by atoms with Crippen molar-refractivity contribution in [2.75, 3.05) is 6.54 Å². The highest BCUT2D eigenvalue weighted by molar-refractivity contribution is 6.35. The smallest absolute Gasteiger partial charge is 0.309 e. The second-order valence-corrected chi connectivity index (χ2v) is 4.34. The van der Waals surface area contributed by atoms with E-state index < -0.39 is 11.8 Å². The van der Waals surface area contributed by atoms with Crippen LogP contribution in [-0.4, -0.2) is 24.4 Å². The van der Waals surface area contributed by atoms with E-state index in [1.807, 2.05) is 0 Å². The first-order chi connectivity index (χ1) is 7.65. The predicted octanol–water partition coefficient (Wildman–Crippen LogP) is 0.983. The molecule has 0 aliphatic heterocycles. The van der Waals surface area contributed by atoms with E-state index in [2.05, 4.69) is 24.1 Å². The molecule has 0 heterocycles. The van der Waals surface area contributed by atoms with E-state index in [0.717, 1.165) is 19.3 Å². The Morgan fingerprint density at radius 3 is 2.62 bits per heavy atom. The second-order valence-electron chi connectivity index (χ2n) is 4.34. The van der Waals surface area contributed by atoms with Crippen LogP contribution in [0.25, 0.3) is 0 Å². The topological polar surface area (TPSA) is 58.2 Å². The minimum Gasteiger partial charge on any atom is -0.345 e. The molecule has 1 fully saturated rings. The molecule has 0 aromatic rings. The van der Waals surface area contributed by atoms with Crippen LogP contribution in [0, 0.1) is 5.92 Å². The highest BCUT2D eigenvalue weighted by Crippen LogP contribution is 2.23. The molecule has 1 aliphatic rings. The van der Waals surface area contributed by atoms with Crippen LogP contribution in [0.1, 0.15) is 32.6 Å². The Kier molecular flexibility index (Phi) is 5.02. The van der Waals surface area contributed by atoms with Gasteiger partial charge in [-0.3, -0.25) is 9.59 Å². The van der Waals surface area contributed by atoms with E-state index in [0.29, 0.717) is 12.5 Å². The first-order valence-corrected chi connectivity index (χ1v) is 5.84. The fourth-order valence-electron chi connectivity index (χ4n) is 2.01. The number of hydrogen-bond donors (Lipinski definition) is 2. The van der Waals surface area contributed by atoms with Gasteiger partial charge in [0.2, 0.25) is 0 Å². The third-order valence-corrected chi connectivity index (χ3v) is 3.04. The summed E-state index contributed by atoms with van der Waals surface area (Å²) in [5.41, 5.74) is 0. The Labute approximate surface area is 96.5 Å². The lowest BCUT2D eigenvalue weighted by Gasteiger charge is -2.29. The van der Waals surface area contributed by atoms with Crippen molar-refractivity contribution < 1.29 is 9.59 Å². The normalized spacial score (nSPS) is 24.6. The van der Waals surface area contributed by atoms with Crippen molar-refractivity contribution >= 4 is 11.8 Å². The molecule has 0 spiro atoms. The number of carbonyl (C=O) groups is 2. The van der Waals surface area contributed by atoms with E-state index in [-0.39, 0.29) is 6.04 Å². The van der Waals surface area contributed by atoms with Crippen LogP contribution in [-0.2, 0) is 9.59 Å². The third-order valence-electron chi connectivity index (χ3n) is 3.04. The molecule has 0 aromatic heterocycles. The minimum absolute atomic E-state index is 0.149. The first kappa shape index (κ1) is 12.7. The molecule has 0 radical (unpaired) electrons. The summed E-state index contributed by atoms with van der Waals surface area (Å²) in [5.74, 6) is -0.636. The number of amides is 2. The SMILES string of the molecule is C=CCNC(=O)C(=O)N[C@@H]1CCCC[C@H]1C. The fraction of sp³-hybridized carbons (Fsp3) is 0.667. The molecule has 0 bridgehead atoms. The summed E-state index contributed by atoms with van der Waals surface area (Å²) >= 11 is 0. The highest BCUT2D eigenvalue weighted by Gasteiger charge is 2.24. The van der Waals surface area contributed by atoms with Crippen molar-refractivity contribution in [3.8, 4) is 0 Å². The summed E-state index contributed by atoms with van der Waals surface area (Å²) < 4.78 is 0. The molecule has 1 saturated carbocycles. The van der Waals surface area contributed by atoms with Crippen LogP contribution < -0.4 is 10.6 Å². The lowest BCUT2D eigenvalue weighted by molar-refractivity contribution is -0.139. The number of carbonyl (C=O) groups excluding carboxylic acids is 2. The van der Waals surface area contributed by atoms with Crippen LogP contribution in [0.2, 0.25) is 0 Å². The van der Waals surface area contributed by atoms with Gasteiger partial charge in [0, 0.05) is 12.6 Å². The minimum atomic E-state index is -0.572. The molecule has 2 amide bonds. The van der Waals surface area contributed by atoms with Crippen LogP contribution in [0.5, 0.6) is 0 Å². The van der Waals surface area contributed by atoms with Gasteiger partial charge < -0.3 is 10.6 Å². The standard InChI is InChI=1S/C12H20N2O2/c1-3-8-13-11(15)12(16)14-10-7-5-4-6-9(10)2/h3,9-10H,1,4-8H2,2H3,(H,13,15)(H,14,16)/t9-,10-/m1/s1. The van der Waals surface area contributed by atoms with Gasteiger partial charge in [-0.15, -0.1) is 6.58 Å². The third kappa shape index (κ3) is 3.68. The highest BCUT2D eigenvalue weighted by atomic mass is 16.2. The summed E-state index contributed by atoms with van der Waals surface area (Å²) in [5, 5.41) is 5.26. The van der Waals surface area contributed by atoms with Gasteiger partial charge in [0.15, 0.2) is 0 Å². The molecule has 1 rings (SSSR count). The lowest BCUT2D eigenvalue weighted by atomic mass is 9.86. The van der Waals surface area contributed by atoms with Gasteiger partial charge in [-0.1, -0.05) is 25.8 Å². The molecule has 90 valence electrons. The van der Waals surface area contributed by atoms with Crippen molar-refractivity contribution in [1.82, 2.24) is 10.6 Å². The van der Waals surface area contributed by atoms with Crippen LogP contribution >= 0.6 is 0 Å². The predicted molar refractivity (Wildman–Crippen MR) is 62.8 cm³/mol. The number of rotatable bonds is 3. The molecule has 1 aliphatic carbocycles. The van der Waals surface area contributed by atoms with Crippen molar-refractivity contribution in [1.29, 1.82) is 0 Å². The van der Waals surface area contributed by atoms with Gasteiger partial charge in [-0.25, -0.2) is 0 Å². The van der Waals surface area contributed by atoms with E-state index in [1.54, 1.807) is 6.08 Å². The molecular formula is C12H20N2O2. The zero-order valence-corrected chi connectivity index (χ0v) is 9.79. The van der Waals surface area contributed by atoms with Gasteiger partial charge in [-0.05, 0) is 18.8 Å². The van der Waals surface area contributed by atoms with Crippen molar-refractivity contribution in [2.45, 2.75) is 38.6 Å². The molecule has 2 N–H and O–H groups in total. The molecule has 2 atom stereocenters. The van der Waals surface area contributed by atoms with E-state index >= 15 is 0 Å². The molecule has 0 unspecified atom stereocenters. The average molecular weight is 224 g/mol. The number of nitrogens with one attached hydrogen (secondary N) is 2. The van der Waals surface area contributed by atoms with Gasteiger partial charge in [0.25, 0.3) is 0 Å². The monoisotopic (exact) mass is 224 g/mol. The Hall–Kier alpha value is -1.32. The summed E-state index contributed by atoms with van der Waals surface area (Å²) in [6, 6.07) is 0.149. The van der Waals surface area contributed by atoms with Gasteiger partial charge in [-0.2, -0.15) is 0 Å². The van der Waals surface area contributed by atoms with E-state index in [4.69, 9.17) is 0 Å². The van der Waals surface area contributed by atoms with Crippen LogP contribution in [0.15, 0.2) is 12.7 Å². The Morgan fingerprint density at radius 2 is 2.00 bits per heavy atom. The molecule has 4 nitrogen and oxygen atoms in total. The van der Waals surface area contributed by atoms with Crippen LogP contribution in [0.3, 0.4) is 0 Å². The van der Waals surface area contributed by atoms with Crippen molar-refractivity contribution in [3.05, 3.63) is 12.7 Å². The summed E-state index contributed by atoms with van der Waals surface area (Å²) in [4.78, 5) is 22.8. The maximum absolute atomic E-state index is 11.5. The summed E-state index contributed by atoms with van der Waals surface area (Å²) in [6.07, 6.45) is 6.00. The van der Waals surface area contributed by atoms with E-state index in [1.165, 1.54) is 6.42 Å². The Bertz CT molecular complexity index is 276. The lowest BCUT2D eigenvalue weighted by Crippen LogP contribution is -2.47. The molecule has 16 heavy (non-hydrogen) atoms. The van der Waals surface area contributed by atoms with Crippen molar-refractivity contribution in [2.24, 2.45) is 5.92 Å². The maximum Gasteiger partial charge on any atom is 0.309 e. The zero-order valence-electron chi connectivity index (χ0n) is 9.79. The van der Waals surface area contributed by atoms with E-state index in [9.17, 15) is 9.59 Å². The Morgan fingerprint density at radius 1 is 1.31 bits per heavy atom. The quantitative estimate of drug-likeness (QED) is 0.554. The molecule has 0 saturated heterocycles. The maximum atomic E-state index is 11.5. The Balaban J connectivity index is 2.37. The summed E-state index contributed by atoms with van der Waals surface area (Å²) in [7, 11) is 0. The second kappa shape index (κ2) is 6.30. The zero-order chi connectivity index (χ0) is 12.0. The molecule has 4 heteroatoms. The van der Waals surface area contributed by atoms with Gasteiger partial charge >= 0.3 is 11.8 Å². The van der Waals surface area contributed by atoms with Gasteiger partial charge in [0.05, 0.1) is 0 Å². The van der Waals surface area contributed by atoms with Gasteiger partial charge in [0.1, 0.15) is 0 Å². The van der Waals surface area contributed by atoms with Crippen molar-refractivity contribution in [3.63, 3.8) is 0 Å². The summed E-state index contributed by atoms with van der Waals surface area (Å²) in [6.45, 7) is 5.92. The molecular weight excluding hydrogens is 204 g/mol. The average Bonchev–Trinajstić information content (AvgIpc) is 2.28. The largest absolute Gasteiger partial charge is 0.345 e. The van der Waals surface area contributed by atoms with Crippen LogP contribution in [0.4, 0.5) is 0 Å². The molecule has 0 aromatic carbocycles. The fourth-order valence-corrected chi connectivity index (χ4v) is 2.01. The number of hydrogen-bond acceptors (Lipinski definition) is 2. The first-order valence-electron chi connectivity index (χ1n) is 5.84.